The molecule has 0 saturated carbocycles. The fraction of sp³-hybridized carbons (Fsp3) is 0.154. The summed E-state index contributed by atoms with van der Waals surface area (Å²) in [6, 6.07) is 6.82. The van der Waals surface area contributed by atoms with Crippen molar-refractivity contribution in [3.8, 4) is 0 Å². The first-order valence-electron chi connectivity index (χ1n) is 5.59. The van der Waals surface area contributed by atoms with Crippen molar-refractivity contribution in [3.63, 3.8) is 0 Å². The first kappa shape index (κ1) is 14.3. The summed E-state index contributed by atoms with van der Waals surface area (Å²) in [6.45, 7) is 0. The van der Waals surface area contributed by atoms with E-state index in [1.807, 2.05) is 0 Å². The molecule has 0 atom stereocenters. The number of benzene rings is 1. The Labute approximate surface area is 118 Å². The Morgan fingerprint density at radius 1 is 1.40 bits per heavy atom. The molecule has 0 aliphatic heterocycles. The second-order valence-corrected chi connectivity index (χ2v) is 4.43. The van der Waals surface area contributed by atoms with Gasteiger partial charge in [-0.25, -0.2) is 23.5 Å². The SMILES string of the molecule is O=C(O)c1cnc(Cc2cccc(Cl)c2)nc1C(F)F. The summed E-state index contributed by atoms with van der Waals surface area (Å²) >= 11 is 5.82. The van der Waals surface area contributed by atoms with Crippen LogP contribution in [0.4, 0.5) is 8.78 Å². The van der Waals surface area contributed by atoms with Crippen molar-refractivity contribution in [1.82, 2.24) is 9.97 Å². The van der Waals surface area contributed by atoms with Crippen molar-refractivity contribution >= 4 is 17.6 Å². The van der Waals surface area contributed by atoms with Crippen LogP contribution in [0.25, 0.3) is 0 Å². The van der Waals surface area contributed by atoms with Gasteiger partial charge in [-0.1, -0.05) is 23.7 Å². The molecule has 4 nitrogen and oxygen atoms in total. The lowest BCUT2D eigenvalue weighted by Crippen LogP contribution is -2.09. The van der Waals surface area contributed by atoms with Gasteiger partial charge in [0.05, 0.1) is 0 Å². The van der Waals surface area contributed by atoms with E-state index >= 15 is 0 Å². The number of halogens is 3. The number of aromatic nitrogens is 2. The van der Waals surface area contributed by atoms with E-state index in [0.717, 1.165) is 11.8 Å². The summed E-state index contributed by atoms with van der Waals surface area (Å²) in [6.07, 6.45) is -1.88. The molecular weight excluding hydrogens is 290 g/mol. The molecule has 1 aromatic carbocycles. The van der Waals surface area contributed by atoms with Crippen LogP contribution in [-0.2, 0) is 6.42 Å². The minimum absolute atomic E-state index is 0.118. The molecular formula is C13H9ClF2N2O2. The van der Waals surface area contributed by atoms with Crippen LogP contribution in [0.2, 0.25) is 5.02 Å². The Bertz CT molecular complexity index is 650. The number of nitrogens with zero attached hydrogens (tertiary/aromatic N) is 2. The number of rotatable bonds is 4. The van der Waals surface area contributed by atoms with Gasteiger partial charge < -0.3 is 5.11 Å². The van der Waals surface area contributed by atoms with Crippen molar-refractivity contribution < 1.29 is 18.7 Å². The van der Waals surface area contributed by atoms with Crippen LogP contribution < -0.4 is 0 Å². The monoisotopic (exact) mass is 298 g/mol. The molecule has 0 amide bonds. The summed E-state index contributed by atoms with van der Waals surface area (Å²) in [5.41, 5.74) is -0.611. The number of hydrogen-bond donors (Lipinski definition) is 1. The van der Waals surface area contributed by atoms with Crippen LogP contribution >= 0.6 is 11.6 Å². The molecule has 0 saturated heterocycles. The van der Waals surface area contributed by atoms with E-state index in [-0.39, 0.29) is 12.2 Å². The minimum atomic E-state index is -2.97. The lowest BCUT2D eigenvalue weighted by molar-refractivity contribution is 0.0681. The van der Waals surface area contributed by atoms with Crippen molar-refractivity contribution in [2.45, 2.75) is 12.8 Å². The molecule has 2 rings (SSSR count). The minimum Gasteiger partial charge on any atom is -0.478 e. The number of carboxylic acids is 1. The molecule has 7 heteroatoms. The highest BCUT2D eigenvalue weighted by Crippen LogP contribution is 2.21. The fourth-order valence-electron chi connectivity index (χ4n) is 1.68. The number of hydrogen-bond acceptors (Lipinski definition) is 3. The van der Waals surface area contributed by atoms with Gasteiger partial charge in [-0.15, -0.1) is 0 Å². The Hall–Kier alpha value is -2.08. The van der Waals surface area contributed by atoms with E-state index in [1.165, 1.54) is 0 Å². The quantitative estimate of drug-likeness (QED) is 0.940. The third-order valence-corrected chi connectivity index (χ3v) is 2.79. The van der Waals surface area contributed by atoms with Gasteiger partial charge in [0.2, 0.25) is 0 Å². The van der Waals surface area contributed by atoms with Crippen LogP contribution in [0.15, 0.2) is 30.5 Å². The van der Waals surface area contributed by atoms with Crippen molar-refractivity contribution in [2.75, 3.05) is 0 Å². The number of aromatic carboxylic acids is 1. The number of alkyl halides is 2. The molecule has 20 heavy (non-hydrogen) atoms. The third kappa shape index (κ3) is 3.27. The van der Waals surface area contributed by atoms with E-state index in [0.29, 0.717) is 5.02 Å². The zero-order valence-electron chi connectivity index (χ0n) is 10.1. The van der Waals surface area contributed by atoms with E-state index in [9.17, 15) is 13.6 Å². The summed E-state index contributed by atoms with van der Waals surface area (Å²) in [5, 5.41) is 9.31. The maximum Gasteiger partial charge on any atom is 0.339 e. The number of carbonyl (C=O) groups is 1. The van der Waals surface area contributed by atoms with Crippen LogP contribution in [0.1, 0.15) is 33.9 Å². The molecule has 2 aromatic rings. The van der Waals surface area contributed by atoms with Crippen LogP contribution in [0.5, 0.6) is 0 Å². The van der Waals surface area contributed by atoms with E-state index in [1.54, 1.807) is 24.3 Å². The molecule has 0 spiro atoms. The predicted octanol–water partition coefficient (Wildman–Crippen LogP) is 3.36. The van der Waals surface area contributed by atoms with Gasteiger partial charge in [-0.2, -0.15) is 0 Å². The second kappa shape index (κ2) is 5.92. The maximum absolute atomic E-state index is 12.8. The van der Waals surface area contributed by atoms with Crippen molar-refractivity contribution in [3.05, 3.63) is 58.1 Å². The summed E-state index contributed by atoms with van der Waals surface area (Å²) < 4.78 is 25.6. The molecule has 0 aliphatic carbocycles. The van der Waals surface area contributed by atoms with Gasteiger partial charge in [0.1, 0.15) is 17.1 Å². The van der Waals surface area contributed by atoms with Crippen molar-refractivity contribution in [1.29, 1.82) is 0 Å². The zero-order valence-corrected chi connectivity index (χ0v) is 10.8. The van der Waals surface area contributed by atoms with Crippen LogP contribution in [-0.4, -0.2) is 21.0 Å². The van der Waals surface area contributed by atoms with Gasteiger partial charge in [0.15, 0.2) is 0 Å². The van der Waals surface area contributed by atoms with Crippen LogP contribution in [0.3, 0.4) is 0 Å². The lowest BCUT2D eigenvalue weighted by Gasteiger charge is -2.07. The Balaban J connectivity index is 2.34. The highest BCUT2D eigenvalue weighted by Gasteiger charge is 2.21. The fourth-order valence-corrected chi connectivity index (χ4v) is 1.89. The van der Waals surface area contributed by atoms with Gasteiger partial charge in [0, 0.05) is 17.6 Å². The molecule has 0 radical (unpaired) electrons. The first-order chi connectivity index (χ1) is 9.47. The number of carboxylic acid groups (broad SMARTS) is 1. The molecule has 104 valence electrons. The molecule has 1 aromatic heterocycles. The first-order valence-corrected chi connectivity index (χ1v) is 5.97. The van der Waals surface area contributed by atoms with Gasteiger partial charge in [-0.05, 0) is 17.7 Å². The maximum atomic E-state index is 12.8. The topological polar surface area (TPSA) is 63.1 Å². The Morgan fingerprint density at radius 3 is 2.75 bits per heavy atom. The molecule has 1 N–H and O–H groups in total. The largest absolute Gasteiger partial charge is 0.478 e. The highest BCUT2D eigenvalue weighted by atomic mass is 35.5. The summed E-state index contributed by atoms with van der Waals surface area (Å²) in [7, 11) is 0. The standard InChI is InChI=1S/C13H9ClF2N2O2/c14-8-3-1-2-7(4-8)5-10-17-6-9(13(19)20)11(18-10)12(15)16/h1-4,6,12H,5H2,(H,19,20). The molecule has 0 unspecified atom stereocenters. The molecule has 1 heterocycles. The molecule has 0 fully saturated rings. The van der Waals surface area contributed by atoms with E-state index in [4.69, 9.17) is 16.7 Å². The predicted molar refractivity (Wildman–Crippen MR) is 68.2 cm³/mol. The van der Waals surface area contributed by atoms with Crippen molar-refractivity contribution in [2.24, 2.45) is 0 Å². The zero-order chi connectivity index (χ0) is 14.7. The smallest absolute Gasteiger partial charge is 0.339 e. The average molecular weight is 299 g/mol. The average Bonchev–Trinajstić information content (AvgIpc) is 2.38. The normalized spacial score (nSPS) is 10.8. The third-order valence-electron chi connectivity index (χ3n) is 2.56. The summed E-state index contributed by atoms with van der Waals surface area (Å²) in [5.74, 6) is -1.36. The van der Waals surface area contributed by atoms with E-state index < -0.39 is 23.7 Å². The van der Waals surface area contributed by atoms with Gasteiger partial charge >= 0.3 is 5.97 Å². The Kier molecular flexibility index (Phi) is 4.24. The van der Waals surface area contributed by atoms with Gasteiger partial charge in [-0.3, -0.25) is 0 Å². The van der Waals surface area contributed by atoms with Gasteiger partial charge in [0.25, 0.3) is 6.43 Å². The Morgan fingerprint density at radius 2 is 2.15 bits per heavy atom. The lowest BCUT2D eigenvalue weighted by atomic mass is 10.1. The molecule has 0 aliphatic rings. The summed E-state index contributed by atoms with van der Waals surface area (Å²) in [4.78, 5) is 18.2. The van der Waals surface area contributed by atoms with E-state index in [2.05, 4.69) is 9.97 Å². The highest BCUT2D eigenvalue weighted by molar-refractivity contribution is 6.30. The molecule has 0 bridgehead atoms. The van der Waals surface area contributed by atoms with Crippen LogP contribution in [0, 0.1) is 0 Å². The second-order valence-electron chi connectivity index (χ2n) is 4.00.